The Labute approximate surface area is 181 Å². The highest BCUT2D eigenvalue weighted by Gasteiger charge is 2.25. The first-order valence-electron chi connectivity index (χ1n) is 9.68. The fourth-order valence-electron chi connectivity index (χ4n) is 3.30. The van der Waals surface area contributed by atoms with E-state index in [1.807, 2.05) is 5.38 Å². The second kappa shape index (κ2) is 8.61. The van der Waals surface area contributed by atoms with E-state index in [-0.39, 0.29) is 23.4 Å². The van der Waals surface area contributed by atoms with Gasteiger partial charge in [0, 0.05) is 22.5 Å². The third-order valence-electron chi connectivity index (χ3n) is 4.78. The lowest BCUT2D eigenvalue weighted by molar-refractivity contribution is 0.0879. The lowest BCUT2D eigenvalue weighted by Gasteiger charge is -1.96. The van der Waals surface area contributed by atoms with Crippen molar-refractivity contribution in [1.29, 1.82) is 0 Å². The number of fused-ring (bicyclic) bond motifs is 2. The van der Waals surface area contributed by atoms with Gasteiger partial charge in [0.2, 0.25) is 5.78 Å². The van der Waals surface area contributed by atoms with Crippen molar-refractivity contribution in [3.63, 3.8) is 0 Å². The number of nitrogens with one attached hydrogen (secondary N) is 2. The number of thiazole rings is 1. The number of aromatic amines is 1. The molecule has 0 bridgehead atoms. The van der Waals surface area contributed by atoms with E-state index >= 15 is 0 Å². The molecule has 2 aromatic carbocycles. The predicted molar refractivity (Wildman–Crippen MR) is 116 cm³/mol. The van der Waals surface area contributed by atoms with Crippen LogP contribution in [0.5, 0.6) is 0 Å². The van der Waals surface area contributed by atoms with Crippen LogP contribution in [0.4, 0.5) is 4.39 Å². The molecule has 2 N–H and O–H groups in total. The number of rotatable bonds is 4. The number of hydrogen-bond donors (Lipinski definition) is 2. The van der Waals surface area contributed by atoms with E-state index in [2.05, 4.69) is 22.2 Å². The van der Waals surface area contributed by atoms with Crippen LogP contribution in [-0.2, 0) is 6.42 Å². The van der Waals surface area contributed by atoms with Crippen molar-refractivity contribution in [2.24, 2.45) is 0 Å². The molecule has 2 aromatic heterocycles. The van der Waals surface area contributed by atoms with Gasteiger partial charge in [-0.1, -0.05) is 25.5 Å². The average molecular weight is 435 g/mol. The van der Waals surface area contributed by atoms with E-state index in [9.17, 15) is 18.8 Å². The number of ketones is 1. The Morgan fingerprint density at radius 1 is 1.10 bits per heavy atom. The van der Waals surface area contributed by atoms with Crippen LogP contribution >= 0.6 is 11.3 Å². The van der Waals surface area contributed by atoms with Crippen LogP contribution in [0.2, 0.25) is 0 Å². The van der Waals surface area contributed by atoms with Crippen molar-refractivity contribution in [3.8, 4) is 0 Å². The van der Waals surface area contributed by atoms with Gasteiger partial charge in [0.1, 0.15) is 5.82 Å². The minimum atomic E-state index is -0.321. The number of carbonyl (C=O) groups excluding carboxylic acids is 3. The Bertz CT molecular complexity index is 1280. The minimum absolute atomic E-state index is 0.116. The molecule has 1 aliphatic rings. The minimum Gasteiger partial charge on any atom is -0.360 e. The molecule has 0 radical (unpaired) electrons. The molecule has 0 fully saturated rings. The zero-order valence-corrected chi connectivity index (χ0v) is 17.4. The lowest BCUT2D eigenvalue weighted by atomic mass is 10.1. The summed E-state index contributed by atoms with van der Waals surface area (Å²) in [6.45, 7) is 2.08. The fourth-order valence-corrected chi connectivity index (χ4v) is 4.11. The molecule has 5 rings (SSSR count). The van der Waals surface area contributed by atoms with Crippen LogP contribution in [-0.4, -0.2) is 27.6 Å². The molecule has 0 saturated heterocycles. The van der Waals surface area contributed by atoms with Gasteiger partial charge in [-0.05, 0) is 36.8 Å². The first-order chi connectivity index (χ1) is 15.0. The summed E-state index contributed by atoms with van der Waals surface area (Å²) in [5, 5.41) is 5.34. The van der Waals surface area contributed by atoms with Gasteiger partial charge in [-0.3, -0.25) is 19.7 Å². The van der Waals surface area contributed by atoms with Gasteiger partial charge in [-0.2, -0.15) is 0 Å². The van der Waals surface area contributed by atoms with Gasteiger partial charge in [-0.25, -0.2) is 9.37 Å². The van der Waals surface area contributed by atoms with Crippen LogP contribution in [0, 0.1) is 5.82 Å². The Hall–Kier alpha value is -3.65. The molecule has 0 aliphatic carbocycles. The van der Waals surface area contributed by atoms with Crippen molar-refractivity contribution in [2.45, 2.75) is 19.8 Å². The van der Waals surface area contributed by atoms with Crippen molar-refractivity contribution in [2.75, 3.05) is 0 Å². The highest BCUT2D eigenvalue weighted by molar-refractivity contribution is 7.12. The maximum atomic E-state index is 13.1. The number of halogens is 1. The second-order valence-electron chi connectivity index (χ2n) is 6.94. The van der Waals surface area contributed by atoms with E-state index in [0.717, 1.165) is 23.9 Å². The maximum Gasteiger partial charge on any atom is 0.258 e. The van der Waals surface area contributed by atoms with E-state index < -0.39 is 0 Å². The van der Waals surface area contributed by atoms with E-state index in [1.165, 1.54) is 23.5 Å². The number of H-pyrrole nitrogens is 1. The third kappa shape index (κ3) is 4.15. The number of benzene rings is 2. The predicted octanol–water partition coefficient (Wildman–Crippen LogP) is 4.52. The summed E-state index contributed by atoms with van der Waals surface area (Å²) in [5.41, 5.74) is 3.05. The van der Waals surface area contributed by atoms with Crippen molar-refractivity contribution >= 4 is 39.8 Å². The van der Waals surface area contributed by atoms with Gasteiger partial charge in [0.05, 0.1) is 22.4 Å². The first kappa shape index (κ1) is 20.6. The molecular formula is C23H18FN3O3S. The van der Waals surface area contributed by atoms with Gasteiger partial charge in [0.15, 0.2) is 5.01 Å². The van der Waals surface area contributed by atoms with Gasteiger partial charge < -0.3 is 4.98 Å². The standard InChI is InChI=1S/C15H13FN2OS.C8H5NO2/c1-2-3-10-8-20-15(18-10)14(19)12-7-17-13-6-9(16)4-5-11(12)13;10-7-5-3-1-2-4-6(5)8(11)9-7/h4-8,17H,2-3H2,1H3;1-4H,(H,9,10,11). The fraction of sp³-hybridized carbons (Fsp3) is 0.130. The zero-order valence-electron chi connectivity index (χ0n) is 16.6. The Kier molecular flexibility index (Phi) is 5.73. The molecule has 6 nitrogen and oxygen atoms in total. The quantitative estimate of drug-likeness (QED) is 0.364. The molecule has 8 heteroatoms. The molecule has 0 saturated carbocycles. The summed E-state index contributed by atoms with van der Waals surface area (Å²) in [4.78, 5) is 41.6. The van der Waals surface area contributed by atoms with E-state index in [4.69, 9.17) is 0 Å². The number of carbonyl (C=O) groups is 3. The smallest absolute Gasteiger partial charge is 0.258 e. The van der Waals surface area contributed by atoms with Crippen LogP contribution < -0.4 is 5.32 Å². The molecule has 0 atom stereocenters. The lowest BCUT2D eigenvalue weighted by Crippen LogP contribution is -2.19. The number of hydrogen-bond acceptors (Lipinski definition) is 5. The summed E-state index contributed by atoms with van der Waals surface area (Å²) < 4.78 is 13.1. The van der Waals surface area contributed by atoms with E-state index in [1.54, 1.807) is 36.5 Å². The molecule has 31 heavy (non-hydrogen) atoms. The monoisotopic (exact) mass is 435 g/mol. The number of aromatic nitrogens is 2. The SMILES string of the molecule is CCCc1csc(C(=O)c2c[nH]c3cc(F)ccc23)n1.O=C1NC(=O)c2ccccc21. The summed E-state index contributed by atoms with van der Waals surface area (Å²) in [6, 6.07) is 11.1. The highest BCUT2D eigenvalue weighted by atomic mass is 32.1. The van der Waals surface area contributed by atoms with Crippen molar-refractivity contribution in [1.82, 2.24) is 15.3 Å². The van der Waals surface area contributed by atoms with Crippen LogP contribution in [0.25, 0.3) is 10.9 Å². The van der Waals surface area contributed by atoms with Crippen LogP contribution in [0.1, 0.15) is 55.1 Å². The Morgan fingerprint density at radius 3 is 2.48 bits per heavy atom. The normalized spacial score (nSPS) is 12.3. The average Bonchev–Trinajstić information content (AvgIpc) is 3.47. The molecule has 0 unspecified atom stereocenters. The number of imide groups is 1. The third-order valence-corrected chi connectivity index (χ3v) is 5.67. The summed E-state index contributed by atoms with van der Waals surface area (Å²) >= 11 is 1.36. The molecule has 2 amide bonds. The summed E-state index contributed by atoms with van der Waals surface area (Å²) in [7, 11) is 0. The van der Waals surface area contributed by atoms with Gasteiger partial charge in [-0.15, -0.1) is 11.3 Å². The highest BCUT2D eigenvalue weighted by Crippen LogP contribution is 2.23. The van der Waals surface area contributed by atoms with Gasteiger partial charge >= 0.3 is 0 Å². The van der Waals surface area contributed by atoms with Crippen molar-refractivity contribution < 1.29 is 18.8 Å². The topological polar surface area (TPSA) is 91.9 Å². The zero-order chi connectivity index (χ0) is 22.0. The summed E-state index contributed by atoms with van der Waals surface area (Å²) in [5.74, 6) is -1.04. The summed E-state index contributed by atoms with van der Waals surface area (Å²) in [6.07, 6.45) is 3.50. The molecular weight excluding hydrogens is 417 g/mol. The molecule has 156 valence electrons. The molecule has 3 heterocycles. The maximum absolute atomic E-state index is 13.1. The van der Waals surface area contributed by atoms with E-state index in [0.29, 0.717) is 27.2 Å². The number of amides is 2. The van der Waals surface area contributed by atoms with Gasteiger partial charge in [0.25, 0.3) is 11.8 Å². The number of aryl methyl sites for hydroxylation is 1. The largest absolute Gasteiger partial charge is 0.360 e. The molecule has 1 aliphatic heterocycles. The molecule has 0 spiro atoms. The Balaban J connectivity index is 0.000000177. The molecule has 4 aromatic rings. The second-order valence-corrected chi connectivity index (χ2v) is 7.80. The Morgan fingerprint density at radius 2 is 1.81 bits per heavy atom. The van der Waals surface area contributed by atoms with Crippen molar-refractivity contribution in [3.05, 3.63) is 87.3 Å². The number of nitrogens with zero attached hydrogens (tertiary/aromatic N) is 1. The van der Waals surface area contributed by atoms with Crippen LogP contribution in [0.15, 0.2) is 54.0 Å². The van der Waals surface area contributed by atoms with Crippen LogP contribution in [0.3, 0.4) is 0 Å². The first-order valence-corrected chi connectivity index (χ1v) is 10.6.